The molecule has 1 heterocycles. The van der Waals surface area contributed by atoms with E-state index in [4.69, 9.17) is 18.9 Å². The van der Waals surface area contributed by atoms with E-state index in [1.54, 1.807) is 7.11 Å². The van der Waals surface area contributed by atoms with Gasteiger partial charge in [-0.1, -0.05) is 11.1 Å². The summed E-state index contributed by atoms with van der Waals surface area (Å²) in [7, 11) is 3.10. The van der Waals surface area contributed by atoms with Gasteiger partial charge < -0.3 is 54.7 Å². The van der Waals surface area contributed by atoms with Crippen LogP contribution in [0.3, 0.4) is 0 Å². The van der Waals surface area contributed by atoms with Gasteiger partial charge in [-0.15, -0.1) is 0 Å². The molecule has 7 N–H and O–H groups in total. The summed E-state index contributed by atoms with van der Waals surface area (Å²) in [5, 5.41) is 71.3. The smallest absolute Gasteiger partial charge is 0.228 e. The van der Waals surface area contributed by atoms with E-state index in [0.717, 1.165) is 17.6 Å². The van der Waals surface area contributed by atoms with Gasteiger partial charge in [-0.3, -0.25) is 0 Å². The van der Waals surface area contributed by atoms with Crippen LogP contribution in [0.2, 0.25) is 0 Å². The summed E-state index contributed by atoms with van der Waals surface area (Å²) in [5.41, 5.74) is 2.20. The Morgan fingerprint density at radius 1 is 0.865 bits per heavy atom. The molecule has 11 heteroatoms. The lowest BCUT2D eigenvalue weighted by Crippen LogP contribution is -2.59. The van der Waals surface area contributed by atoms with Gasteiger partial charge in [-0.25, -0.2) is 0 Å². The highest BCUT2D eigenvalue weighted by Crippen LogP contribution is 2.52. The summed E-state index contributed by atoms with van der Waals surface area (Å²) >= 11 is 0. The highest BCUT2D eigenvalue weighted by Gasteiger charge is 2.48. The topological polar surface area (TPSA) is 179 Å². The molecule has 212 valence electrons. The second-order valence-electron chi connectivity index (χ2n) is 10.8. The molecule has 0 radical (unpaired) electrons. The van der Waals surface area contributed by atoms with Crippen molar-refractivity contribution in [3.8, 4) is 0 Å². The highest BCUT2D eigenvalue weighted by atomic mass is 16.7. The molecule has 37 heavy (non-hydrogen) atoms. The largest absolute Gasteiger partial charge is 0.497 e. The number of ether oxygens (including phenoxy) is 4. The van der Waals surface area contributed by atoms with Crippen LogP contribution in [-0.2, 0) is 18.9 Å². The fourth-order valence-corrected chi connectivity index (χ4v) is 6.80. The summed E-state index contributed by atoms with van der Waals surface area (Å²) in [6.07, 6.45) is -4.58. The van der Waals surface area contributed by atoms with Gasteiger partial charge in [0.25, 0.3) is 0 Å². The lowest BCUT2D eigenvalue weighted by molar-refractivity contribution is -0.292. The van der Waals surface area contributed by atoms with Crippen molar-refractivity contribution in [3.05, 3.63) is 22.7 Å². The first-order valence-electron chi connectivity index (χ1n) is 13.1. The van der Waals surface area contributed by atoms with Crippen LogP contribution in [0.15, 0.2) is 22.7 Å². The van der Waals surface area contributed by atoms with Crippen LogP contribution in [0.5, 0.6) is 0 Å². The van der Waals surface area contributed by atoms with Crippen molar-refractivity contribution in [2.24, 2.45) is 23.7 Å². The number of hydrogen-bond donors (Lipinski definition) is 7. The van der Waals surface area contributed by atoms with Crippen molar-refractivity contribution < 1.29 is 54.7 Å². The first kappa shape index (κ1) is 28.7. The molecule has 0 aromatic rings. The maximum atomic E-state index is 10.5. The van der Waals surface area contributed by atoms with Crippen LogP contribution in [0.4, 0.5) is 0 Å². The van der Waals surface area contributed by atoms with Gasteiger partial charge in [-0.2, -0.15) is 0 Å². The number of allylic oxidation sites excluding steroid dienone is 2. The average molecular weight is 531 g/mol. The monoisotopic (exact) mass is 530 g/mol. The zero-order valence-corrected chi connectivity index (χ0v) is 21.5. The third kappa shape index (κ3) is 5.57. The Bertz CT molecular complexity index is 842. The van der Waals surface area contributed by atoms with E-state index in [0.29, 0.717) is 43.6 Å². The minimum atomic E-state index is -1.56. The van der Waals surface area contributed by atoms with E-state index in [2.05, 4.69) is 0 Å². The molecule has 3 aliphatic carbocycles. The molecule has 2 fully saturated rings. The first-order valence-corrected chi connectivity index (χ1v) is 13.1. The maximum Gasteiger partial charge on any atom is 0.228 e. The molecule has 1 saturated heterocycles. The van der Waals surface area contributed by atoms with E-state index < -0.39 is 43.4 Å². The lowest BCUT2D eigenvalue weighted by Gasteiger charge is -2.48. The molecule has 11 nitrogen and oxygen atoms in total. The van der Waals surface area contributed by atoms with E-state index in [9.17, 15) is 35.7 Å². The molecule has 0 aromatic carbocycles. The van der Waals surface area contributed by atoms with Crippen molar-refractivity contribution in [1.82, 2.24) is 0 Å². The predicted molar refractivity (Wildman–Crippen MR) is 129 cm³/mol. The van der Waals surface area contributed by atoms with Gasteiger partial charge in [-0.05, 0) is 49.4 Å². The standard InChI is InChI=1S/C26H42O11/c1-34-18-6-12(3-4-17(18)30)22-15-8-20(36-26-25(33)24(32)23(31)21(11-29)37-26)19(35-2)7-13(15)5-14(9-27)16(22)10-28/h12,14,16-18,21-33H,3-11H2,1-2H3/t12?,14?,16?,17?,18?,21-,22?,23-,24+,25-,26-/m1/s1. The van der Waals surface area contributed by atoms with Crippen LogP contribution in [0.25, 0.3) is 0 Å². The molecule has 0 bridgehead atoms. The summed E-state index contributed by atoms with van der Waals surface area (Å²) < 4.78 is 22.8. The Kier molecular flexibility index (Phi) is 9.53. The molecule has 1 aliphatic heterocycles. The van der Waals surface area contributed by atoms with E-state index in [1.165, 1.54) is 7.11 Å². The second-order valence-corrected chi connectivity index (χ2v) is 10.8. The van der Waals surface area contributed by atoms with Gasteiger partial charge in [0, 0.05) is 33.2 Å². The normalized spacial score (nSPS) is 43.0. The van der Waals surface area contributed by atoms with Crippen LogP contribution in [0.1, 0.15) is 38.5 Å². The third-order valence-electron chi connectivity index (χ3n) is 8.87. The van der Waals surface area contributed by atoms with Crippen molar-refractivity contribution in [3.63, 3.8) is 0 Å². The Balaban J connectivity index is 1.62. The minimum Gasteiger partial charge on any atom is -0.497 e. The molecule has 6 unspecified atom stereocenters. The van der Waals surface area contributed by atoms with Crippen LogP contribution < -0.4 is 0 Å². The van der Waals surface area contributed by atoms with Gasteiger partial charge in [0.2, 0.25) is 6.29 Å². The molecule has 0 spiro atoms. The molecule has 4 aliphatic rings. The zero-order chi connectivity index (χ0) is 26.9. The molecule has 1 saturated carbocycles. The zero-order valence-electron chi connectivity index (χ0n) is 21.5. The second kappa shape index (κ2) is 12.3. The van der Waals surface area contributed by atoms with Crippen molar-refractivity contribution in [1.29, 1.82) is 0 Å². The lowest BCUT2D eigenvalue weighted by atomic mass is 9.60. The highest BCUT2D eigenvalue weighted by molar-refractivity contribution is 5.35. The van der Waals surface area contributed by atoms with E-state index in [-0.39, 0.29) is 43.0 Å². The summed E-state index contributed by atoms with van der Waals surface area (Å²) in [4.78, 5) is 0. The third-order valence-corrected chi connectivity index (χ3v) is 8.87. The van der Waals surface area contributed by atoms with Crippen molar-refractivity contribution >= 4 is 0 Å². The number of methoxy groups -OCH3 is 2. The van der Waals surface area contributed by atoms with Gasteiger partial charge >= 0.3 is 0 Å². The van der Waals surface area contributed by atoms with Crippen LogP contribution >= 0.6 is 0 Å². The number of hydrogen-bond acceptors (Lipinski definition) is 11. The molecule has 0 aromatic heterocycles. The minimum absolute atomic E-state index is 0.0538. The molecular weight excluding hydrogens is 488 g/mol. The average Bonchev–Trinajstić information content (AvgIpc) is 2.92. The SMILES string of the molecule is COC1=C(O[C@@H]2O[C@H](CO)[C@@H](O)[C@H](O)[C@H]2O)CC2=C(C1)CC(CO)C(CO)C2C1CCC(O)C(OC)C1. The molecule has 4 rings (SSSR count). The fourth-order valence-electron chi connectivity index (χ4n) is 6.80. The fraction of sp³-hybridized carbons (Fsp3) is 0.846. The Labute approximate surface area is 216 Å². The quantitative estimate of drug-likeness (QED) is 0.195. The van der Waals surface area contributed by atoms with Crippen LogP contribution in [-0.4, -0.2) is 113 Å². The molecule has 0 amide bonds. The number of aliphatic hydroxyl groups is 7. The van der Waals surface area contributed by atoms with E-state index >= 15 is 0 Å². The van der Waals surface area contributed by atoms with Gasteiger partial charge in [0.15, 0.2) is 0 Å². The van der Waals surface area contributed by atoms with Gasteiger partial charge in [0.1, 0.15) is 35.9 Å². The number of aliphatic hydroxyl groups excluding tert-OH is 7. The van der Waals surface area contributed by atoms with Crippen molar-refractivity contribution in [2.45, 2.75) is 81.4 Å². The Morgan fingerprint density at radius 3 is 2.24 bits per heavy atom. The number of rotatable bonds is 8. The summed E-state index contributed by atoms with van der Waals surface area (Å²) in [6.45, 7) is -0.706. The Morgan fingerprint density at radius 2 is 1.62 bits per heavy atom. The predicted octanol–water partition coefficient (Wildman–Crippen LogP) is -0.836. The molecular formula is C26H42O11. The maximum absolute atomic E-state index is 10.5. The van der Waals surface area contributed by atoms with Gasteiger partial charge in [0.05, 0.1) is 25.9 Å². The Hall–Kier alpha value is -1.28. The van der Waals surface area contributed by atoms with Crippen molar-refractivity contribution in [2.75, 3.05) is 34.0 Å². The summed E-state index contributed by atoms with van der Waals surface area (Å²) in [6, 6.07) is 0. The van der Waals surface area contributed by atoms with E-state index in [1.807, 2.05) is 0 Å². The molecule has 11 atom stereocenters. The summed E-state index contributed by atoms with van der Waals surface area (Å²) in [5.74, 6) is 0.674. The van der Waals surface area contributed by atoms with Crippen LogP contribution in [0, 0.1) is 23.7 Å². The first-order chi connectivity index (χ1) is 17.8.